The highest BCUT2D eigenvalue weighted by molar-refractivity contribution is 8.15. The number of aryl methyl sites for hydroxylation is 1. The molecule has 7 heteroatoms. The average Bonchev–Trinajstić information content (AvgIpc) is 2.86. The van der Waals surface area contributed by atoms with Crippen molar-refractivity contribution < 1.29 is 14.3 Å². The van der Waals surface area contributed by atoms with Crippen molar-refractivity contribution in [1.82, 2.24) is 0 Å². The lowest BCUT2D eigenvalue weighted by molar-refractivity contribution is -0.142. The summed E-state index contributed by atoms with van der Waals surface area (Å²) in [5, 5.41) is 6.47. The molecule has 1 aliphatic heterocycles. The van der Waals surface area contributed by atoms with Gasteiger partial charge in [0.25, 0.3) is 0 Å². The Morgan fingerprint density at radius 3 is 2.77 bits per heavy atom. The second-order valence-electron chi connectivity index (χ2n) is 6.86. The maximum absolute atomic E-state index is 12.7. The van der Waals surface area contributed by atoms with Crippen LogP contribution in [-0.4, -0.2) is 28.8 Å². The molecule has 2 aromatic rings. The molecule has 1 amide bonds. The third-order valence-corrected chi connectivity index (χ3v) is 5.34. The summed E-state index contributed by atoms with van der Waals surface area (Å²) in [6.07, 6.45) is 1.91. The van der Waals surface area contributed by atoms with Crippen molar-refractivity contribution in [2.75, 3.05) is 17.2 Å². The Balaban J connectivity index is 1.77. The van der Waals surface area contributed by atoms with Gasteiger partial charge in [-0.05, 0) is 56.7 Å². The summed E-state index contributed by atoms with van der Waals surface area (Å²) < 4.78 is 5.07. The van der Waals surface area contributed by atoms with Gasteiger partial charge in [0.2, 0.25) is 5.91 Å². The van der Waals surface area contributed by atoms with Gasteiger partial charge in [0.1, 0.15) is 0 Å². The molecule has 0 spiro atoms. The Morgan fingerprint density at radius 2 is 2.00 bits per heavy atom. The molecule has 3 rings (SSSR count). The molecule has 0 aliphatic carbocycles. The summed E-state index contributed by atoms with van der Waals surface area (Å²) in [4.78, 5) is 29.4. The topological polar surface area (TPSA) is 79.8 Å². The summed E-state index contributed by atoms with van der Waals surface area (Å²) >= 11 is 1.34. The quantitative estimate of drug-likeness (QED) is 0.636. The van der Waals surface area contributed by atoms with E-state index in [4.69, 9.17) is 9.73 Å². The zero-order valence-corrected chi connectivity index (χ0v) is 18.1. The van der Waals surface area contributed by atoms with E-state index in [0.29, 0.717) is 17.3 Å². The van der Waals surface area contributed by atoms with E-state index in [1.165, 1.54) is 11.8 Å². The molecule has 0 bridgehead atoms. The van der Waals surface area contributed by atoms with Crippen LogP contribution in [0.4, 0.5) is 17.1 Å². The van der Waals surface area contributed by atoms with Crippen molar-refractivity contribution in [3.8, 4) is 0 Å². The van der Waals surface area contributed by atoms with Gasteiger partial charge in [0.15, 0.2) is 0 Å². The highest BCUT2D eigenvalue weighted by Gasteiger charge is 2.20. The lowest BCUT2D eigenvalue weighted by Gasteiger charge is -2.12. The molecule has 0 fully saturated rings. The fraction of sp³-hybridized carbons (Fsp3) is 0.261. The zero-order valence-electron chi connectivity index (χ0n) is 17.3. The lowest BCUT2D eigenvalue weighted by atomic mass is 10.2. The number of aliphatic imine (C=N–C) groups is 1. The predicted molar refractivity (Wildman–Crippen MR) is 123 cm³/mol. The summed E-state index contributed by atoms with van der Waals surface area (Å²) in [6, 6.07) is 15.3. The van der Waals surface area contributed by atoms with Crippen molar-refractivity contribution in [2.45, 2.75) is 32.4 Å². The van der Waals surface area contributed by atoms with Crippen molar-refractivity contribution in [1.29, 1.82) is 0 Å². The number of nitrogens with one attached hydrogen (secondary N) is 2. The fourth-order valence-corrected chi connectivity index (χ4v) is 3.80. The number of anilines is 2. The minimum Gasteiger partial charge on any atom is -0.466 e. The van der Waals surface area contributed by atoms with Gasteiger partial charge in [-0.3, -0.25) is 9.59 Å². The number of esters is 1. The number of ether oxygens (including phenoxy) is 1. The molecule has 2 N–H and O–H groups in total. The van der Waals surface area contributed by atoms with Crippen LogP contribution >= 0.6 is 11.8 Å². The summed E-state index contributed by atoms with van der Waals surface area (Å²) in [7, 11) is 0. The number of para-hydroxylation sites is 2. The van der Waals surface area contributed by atoms with Crippen LogP contribution in [0.3, 0.4) is 0 Å². The van der Waals surface area contributed by atoms with Gasteiger partial charge in [-0.1, -0.05) is 36.0 Å². The van der Waals surface area contributed by atoms with Gasteiger partial charge in [0.05, 0.1) is 34.7 Å². The lowest BCUT2D eigenvalue weighted by Crippen LogP contribution is -2.23. The van der Waals surface area contributed by atoms with Crippen molar-refractivity contribution in [3.63, 3.8) is 0 Å². The molecular weight excluding hydrogens is 398 g/mol. The molecule has 156 valence electrons. The monoisotopic (exact) mass is 423 g/mol. The Labute approximate surface area is 180 Å². The Kier molecular flexibility index (Phi) is 7.30. The van der Waals surface area contributed by atoms with E-state index in [2.05, 4.69) is 10.6 Å². The average molecular weight is 424 g/mol. The standard InChI is InChI=1S/C23H25N3O3S/c1-4-29-22(27)14-18-13-21(26-20-11-6-5-10-19(20)24-18)30-16(3)23(28)25-17-9-7-8-15(2)12-17/h5-13,16,24H,4,14H2,1-3H3,(H,25,28). The van der Waals surface area contributed by atoms with E-state index in [9.17, 15) is 9.59 Å². The molecule has 1 heterocycles. The van der Waals surface area contributed by atoms with Crippen LogP contribution < -0.4 is 10.6 Å². The minimum absolute atomic E-state index is 0.103. The van der Waals surface area contributed by atoms with Crippen LogP contribution in [0.5, 0.6) is 0 Å². The van der Waals surface area contributed by atoms with Crippen LogP contribution in [0.15, 0.2) is 65.3 Å². The van der Waals surface area contributed by atoms with Crippen molar-refractivity contribution >= 4 is 45.7 Å². The molecule has 0 saturated carbocycles. The van der Waals surface area contributed by atoms with Crippen molar-refractivity contribution in [2.24, 2.45) is 4.99 Å². The minimum atomic E-state index is -0.380. The number of benzene rings is 2. The number of rotatable bonds is 6. The maximum Gasteiger partial charge on any atom is 0.311 e. The number of nitrogens with zero attached hydrogens (tertiary/aromatic N) is 1. The first-order valence-corrected chi connectivity index (χ1v) is 10.7. The molecule has 0 aromatic heterocycles. The molecule has 2 aromatic carbocycles. The van der Waals surface area contributed by atoms with Gasteiger partial charge in [-0.25, -0.2) is 4.99 Å². The van der Waals surface area contributed by atoms with E-state index in [0.717, 1.165) is 22.6 Å². The number of carbonyl (C=O) groups excluding carboxylic acids is 2. The second-order valence-corrected chi connectivity index (χ2v) is 8.22. The van der Waals surface area contributed by atoms with Gasteiger partial charge in [0, 0.05) is 11.4 Å². The van der Waals surface area contributed by atoms with Gasteiger partial charge >= 0.3 is 5.97 Å². The number of fused-ring (bicyclic) bond motifs is 1. The van der Waals surface area contributed by atoms with E-state index in [1.807, 2.05) is 62.4 Å². The number of thioether (sulfide) groups is 1. The third-order valence-electron chi connectivity index (χ3n) is 4.32. The van der Waals surface area contributed by atoms with E-state index in [1.54, 1.807) is 13.0 Å². The van der Waals surface area contributed by atoms with Crippen LogP contribution in [-0.2, 0) is 14.3 Å². The molecule has 1 atom stereocenters. The van der Waals surface area contributed by atoms with Crippen LogP contribution in [0.2, 0.25) is 0 Å². The van der Waals surface area contributed by atoms with E-state index < -0.39 is 0 Å². The predicted octanol–water partition coefficient (Wildman–Crippen LogP) is 5.05. The number of hydrogen-bond donors (Lipinski definition) is 2. The molecule has 0 radical (unpaired) electrons. The summed E-state index contributed by atoms with van der Waals surface area (Å²) in [5.41, 5.74) is 4.08. The first-order chi connectivity index (χ1) is 14.4. The van der Waals surface area contributed by atoms with Crippen LogP contribution in [0, 0.1) is 6.92 Å². The molecule has 30 heavy (non-hydrogen) atoms. The fourth-order valence-electron chi connectivity index (χ4n) is 2.91. The SMILES string of the molecule is CCOC(=O)CC1=CC(SC(C)C(=O)Nc2cccc(C)c2)=Nc2ccccc2N1. The Hall–Kier alpha value is -3.06. The molecule has 6 nitrogen and oxygen atoms in total. The van der Waals surface area contributed by atoms with Crippen LogP contribution in [0.1, 0.15) is 25.8 Å². The first-order valence-electron chi connectivity index (χ1n) is 9.79. The number of amides is 1. The number of hydrogen-bond acceptors (Lipinski definition) is 6. The molecule has 1 aliphatic rings. The molecule has 0 saturated heterocycles. The molecular formula is C23H25N3O3S. The summed E-state index contributed by atoms with van der Waals surface area (Å²) in [6.45, 7) is 5.92. The van der Waals surface area contributed by atoms with E-state index in [-0.39, 0.29) is 23.5 Å². The normalized spacial score (nSPS) is 13.7. The zero-order chi connectivity index (χ0) is 21.5. The van der Waals surface area contributed by atoms with Crippen LogP contribution in [0.25, 0.3) is 0 Å². The van der Waals surface area contributed by atoms with E-state index >= 15 is 0 Å². The maximum atomic E-state index is 12.7. The number of carbonyl (C=O) groups is 2. The highest BCUT2D eigenvalue weighted by atomic mass is 32.2. The summed E-state index contributed by atoms with van der Waals surface area (Å²) in [5.74, 6) is -0.427. The Bertz CT molecular complexity index is 1000. The second kappa shape index (κ2) is 10.1. The largest absolute Gasteiger partial charge is 0.466 e. The smallest absolute Gasteiger partial charge is 0.311 e. The first kappa shape index (κ1) is 21.6. The molecule has 1 unspecified atom stereocenters. The highest BCUT2D eigenvalue weighted by Crippen LogP contribution is 2.32. The third kappa shape index (κ3) is 5.97. The van der Waals surface area contributed by atoms with Gasteiger partial charge in [-0.2, -0.15) is 0 Å². The Morgan fingerprint density at radius 1 is 1.20 bits per heavy atom. The van der Waals surface area contributed by atoms with Crippen molar-refractivity contribution in [3.05, 3.63) is 65.9 Å². The van der Waals surface area contributed by atoms with Gasteiger partial charge in [-0.15, -0.1) is 0 Å². The van der Waals surface area contributed by atoms with Gasteiger partial charge < -0.3 is 15.4 Å².